The molecule has 0 spiro atoms. The van der Waals surface area contributed by atoms with E-state index in [1.807, 2.05) is 40.9 Å². The fraction of sp³-hybridized carbons (Fsp3) is 0.263. The molecule has 1 aliphatic carbocycles. The van der Waals surface area contributed by atoms with Crippen LogP contribution in [0.2, 0.25) is 0 Å². The number of aromatic nitrogens is 2. The molecule has 24 heavy (non-hydrogen) atoms. The van der Waals surface area contributed by atoms with E-state index in [0.717, 1.165) is 40.8 Å². The van der Waals surface area contributed by atoms with Crippen molar-refractivity contribution in [1.82, 2.24) is 14.7 Å². The molecule has 0 atom stereocenters. The Morgan fingerprint density at radius 2 is 2.17 bits per heavy atom. The number of hydrogen-bond donors (Lipinski definition) is 1. The van der Waals surface area contributed by atoms with Gasteiger partial charge >= 0.3 is 0 Å². The minimum atomic E-state index is -0.0246. The molecule has 1 N–H and O–H groups in total. The van der Waals surface area contributed by atoms with Gasteiger partial charge in [0.2, 0.25) is 0 Å². The Bertz CT molecular complexity index is 934. The third kappa shape index (κ3) is 2.72. The van der Waals surface area contributed by atoms with E-state index in [0.29, 0.717) is 0 Å². The monoisotopic (exact) mass is 380 g/mol. The quantitative estimate of drug-likeness (QED) is 0.739. The number of hydrogen-bond acceptors (Lipinski definition) is 3. The third-order valence-electron chi connectivity index (χ3n) is 4.83. The van der Waals surface area contributed by atoms with Crippen molar-refractivity contribution in [3.05, 3.63) is 70.1 Å². The topological polar surface area (TPSA) is 53.1 Å². The SMILES string of the molecule is N#Cc1cccc(C2(NCc3cn4ccc(Br)cc4n3)CCC2)c1. The van der Waals surface area contributed by atoms with Gasteiger partial charge in [0, 0.05) is 29.0 Å². The van der Waals surface area contributed by atoms with E-state index in [1.54, 1.807) is 0 Å². The Morgan fingerprint density at radius 1 is 1.29 bits per heavy atom. The first kappa shape index (κ1) is 15.4. The highest BCUT2D eigenvalue weighted by molar-refractivity contribution is 9.10. The predicted octanol–water partition coefficient (Wildman–Crippen LogP) is 4.14. The Kier molecular flexibility index (Phi) is 3.87. The number of pyridine rings is 1. The second kappa shape index (κ2) is 6.04. The number of nitrogens with one attached hydrogen (secondary N) is 1. The summed E-state index contributed by atoms with van der Waals surface area (Å²) in [7, 11) is 0. The van der Waals surface area contributed by atoms with E-state index < -0.39 is 0 Å². The molecule has 0 unspecified atom stereocenters. The van der Waals surface area contributed by atoms with Gasteiger partial charge in [0.15, 0.2) is 0 Å². The van der Waals surface area contributed by atoms with Gasteiger partial charge in [-0.25, -0.2) is 4.98 Å². The van der Waals surface area contributed by atoms with Crippen LogP contribution in [0.1, 0.15) is 36.1 Å². The summed E-state index contributed by atoms with van der Waals surface area (Å²) in [4.78, 5) is 4.68. The van der Waals surface area contributed by atoms with Crippen molar-refractivity contribution in [1.29, 1.82) is 5.26 Å². The lowest BCUT2D eigenvalue weighted by Gasteiger charge is -2.43. The van der Waals surface area contributed by atoms with Crippen LogP contribution in [0.3, 0.4) is 0 Å². The number of fused-ring (bicyclic) bond motifs is 1. The standard InChI is InChI=1S/C19H17BrN4/c20-16-5-8-24-13-17(23-18(24)10-16)12-22-19(6-2-7-19)15-4-1-3-14(9-15)11-21/h1,3-5,8-10,13,22H,2,6-7,12H2. The van der Waals surface area contributed by atoms with Gasteiger partial charge in [0.25, 0.3) is 0 Å². The highest BCUT2D eigenvalue weighted by Crippen LogP contribution is 2.41. The fourth-order valence-corrected chi connectivity index (χ4v) is 3.66. The molecule has 0 saturated heterocycles. The maximum Gasteiger partial charge on any atom is 0.138 e. The zero-order valence-electron chi connectivity index (χ0n) is 13.2. The van der Waals surface area contributed by atoms with Crippen molar-refractivity contribution < 1.29 is 0 Å². The van der Waals surface area contributed by atoms with Crippen molar-refractivity contribution in [3.8, 4) is 6.07 Å². The lowest BCUT2D eigenvalue weighted by molar-refractivity contribution is 0.183. The summed E-state index contributed by atoms with van der Waals surface area (Å²) < 4.78 is 3.06. The van der Waals surface area contributed by atoms with Crippen LogP contribution in [0.25, 0.3) is 5.65 Å². The maximum absolute atomic E-state index is 9.14. The molecule has 1 fully saturated rings. The van der Waals surface area contributed by atoms with Crippen molar-refractivity contribution in [2.75, 3.05) is 0 Å². The van der Waals surface area contributed by atoms with Crippen LogP contribution < -0.4 is 5.32 Å². The molecule has 5 heteroatoms. The van der Waals surface area contributed by atoms with Gasteiger partial charge in [-0.1, -0.05) is 28.1 Å². The average Bonchev–Trinajstić information content (AvgIpc) is 2.96. The van der Waals surface area contributed by atoms with Gasteiger partial charge in [-0.2, -0.15) is 5.26 Å². The molecule has 2 aromatic heterocycles. The zero-order chi connectivity index (χ0) is 16.6. The highest BCUT2D eigenvalue weighted by Gasteiger charge is 2.38. The third-order valence-corrected chi connectivity index (χ3v) is 5.32. The summed E-state index contributed by atoms with van der Waals surface area (Å²) >= 11 is 3.48. The summed E-state index contributed by atoms with van der Waals surface area (Å²) in [5, 5.41) is 12.8. The van der Waals surface area contributed by atoms with Crippen LogP contribution in [-0.4, -0.2) is 9.38 Å². The largest absolute Gasteiger partial charge is 0.307 e. The molecule has 2 heterocycles. The maximum atomic E-state index is 9.14. The minimum Gasteiger partial charge on any atom is -0.307 e. The van der Waals surface area contributed by atoms with E-state index in [-0.39, 0.29) is 5.54 Å². The fourth-order valence-electron chi connectivity index (χ4n) is 3.34. The van der Waals surface area contributed by atoms with Crippen LogP contribution in [0.15, 0.2) is 53.3 Å². The number of nitrogens with zero attached hydrogens (tertiary/aromatic N) is 3. The van der Waals surface area contributed by atoms with Crippen molar-refractivity contribution >= 4 is 21.6 Å². The van der Waals surface area contributed by atoms with E-state index in [4.69, 9.17) is 5.26 Å². The molecular weight excluding hydrogens is 364 g/mol. The molecular formula is C19H17BrN4. The second-order valence-electron chi connectivity index (χ2n) is 6.32. The van der Waals surface area contributed by atoms with Crippen LogP contribution in [-0.2, 0) is 12.1 Å². The van der Waals surface area contributed by atoms with Crippen molar-refractivity contribution in [2.45, 2.75) is 31.3 Å². The van der Waals surface area contributed by atoms with E-state index in [2.05, 4.69) is 44.6 Å². The molecule has 120 valence electrons. The lowest BCUT2D eigenvalue weighted by atomic mass is 9.71. The average molecular weight is 381 g/mol. The summed E-state index contributed by atoms with van der Waals surface area (Å²) in [6, 6.07) is 14.2. The first-order chi connectivity index (χ1) is 11.7. The van der Waals surface area contributed by atoms with Gasteiger partial charge in [-0.15, -0.1) is 0 Å². The molecule has 3 aromatic rings. The zero-order valence-corrected chi connectivity index (χ0v) is 14.8. The molecule has 4 rings (SSSR count). The summed E-state index contributed by atoms with van der Waals surface area (Å²) in [6.45, 7) is 0.718. The summed E-state index contributed by atoms with van der Waals surface area (Å²) in [6.07, 6.45) is 7.47. The number of benzene rings is 1. The van der Waals surface area contributed by atoms with E-state index in [1.165, 1.54) is 12.0 Å². The predicted molar refractivity (Wildman–Crippen MR) is 96.4 cm³/mol. The normalized spacial score (nSPS) is 15.8. The Morgan fingerprint density at radius 3 is 2.92 bits per heavy atom. The van der Waals surface area contributed by atoms with Gasteiger partial charge < -0.3 is 9.72 Å². The smallest absolute Gasteiger partial charge is 0.138 e. The molecule has 0 amide bonds. The summed E-state index contributed by atoms with van der Waals surface area (Å²) in [5.41, 5.74) is 3.87. The van der Waals surface area contributed by atoms with Crippen LogP contribution in [0.5, 0.6) is 0 Å². The number of imidazole rings is 1. The highest BCUT2D eigenvalue weighted by atomic mass is 79.9. The van der Waals surface area contributed by atoms with Crippen molar-refractivity contribution in [3.63, 3.8) is 0 Å². The number of rotatable bonds is 4. The summed E-state index contributed by atoms with van der Waals surface area (Å²) in [5.74, 6) is 0. The Balaban J connectivity index is 1.57. The lowest BCUT2D eigenvalue weighted by Crippen LogP contribution is -2.47. The molecule has 1 aromatic carbocycles. The van der Waals surface area contributed by atoms with Crippen LogP contribution in [0, 0.1) is 11.3 Å². The molecule has 0 aliphatic heterocycles. The number of nitriles is 1. The molecule has 4 nitrogen and oxygen atoms in total. The first-order valence-electron chi connectivity index (χ1n) is 8.07. The van der Waals surface area contributed by atoms with E-state index >= 15 is 0 Å². The van der Waals surface area contributed by atoms with Crippen molar-refractivity contribution in [2.24, 2.45) is 0 Å². The van der Waals surface area contributed by atoms with Gasteiger partial charge in [0.1, 0.15) is 5.65 Å². The second-order valence-corrected chi connectivity index (χ2v) is 7.24. The Labute approximate surface area is 149 Å². The number of halogens is 1. The van der Waals surface area contributed by atoms with E-state index in [9.17, 15) is 0 Å². The Hall–Kier alpha value is -2.16. The van der Waals surface area contributed by atoms with Crippen LogP contribution in [0.4, 0.5) is 0 Å². The first-order valence-corrected chi connectivity index (χ1v) is 8.87. The van der Waals surface area contributed by atoms with Gasteiger partial charge in [-0.05, 0) is 49.1 Å². The van der Waals surface area contributed by atoms with Gasteiger partial charge in [-0.3, -0.25) is 0 Å². The molecule has 1 aliphatic rings. The minimum absolute atomic E-state index is 0.0246. The van der Waals surface area contributed by atoms with Gasteiger partial charge in [0.05, 0.1) is 17.3 Å². The molecule has 0 radical (unpaired) electrons. The molecule has 0 bridgehead atoms. The molecule has 1 saturated carbocycles. The van der Waals surface area contributed by atoms with Crippen LogP contribution >= 0.6 is 15.9 Å².